The highest BCUT2D eigenvalue weighted by Gasteiger charge is 2.32. The molecule has 0 saturated carbocycles. The van der Waals surface area contributed by atoms with E-state index < -0.39 is 0 Å². The minimum absolute atomic E-state index is 0.108. The fourth-order valence-corrected chi connectivity index (χ4v) is 4.67. The molecule has 2 aliphatic heterocycles. The van der Waals surface area contributed by atoms with Gasteiger partial charge in [0.2, 0.25) is 5.91 Å². The lowest BCUT2D eigenvalue weighted by atomic mass is 9.99. The summed E-state index contributed by atoms with van der Waals surface area (Å²) in [6.07, 6.45) is 6.75. The second-order valence-corrected chi connectivity index (χ2v) is 8.47. The third-order valence-electron chi connectivity index (χ3n) is 6.47. The molecule has 1 fully saturated rings. The van der Waals surface area contributed by atoms with Crippen molar-refractivity contribution in [3.8, 4) is 22.4 Å². The summed E-state index contributed by atoms with van der Waals surface area (Å²) < 4.78 is 9.38. The van der Waals surface area contributed by atoms with Gasteiger partial charge in [-0.1, -0.05) is 12.1 Å². The number of aromatic amines is 1. The highest BCUT2D eigenvalue weighted by atomic mass is 16.5. The lowest BCUT2D eigenvalue weighted by Crippen LogP contribution is -2.37. The van der Waals surface area contributed by atoms with Crippen LogP contribution in [0.1, 0.15) is 24.2 Å². The molecule has 6 rings (SSSR count). The smallest absolute Gasteiger partial charge is 0.219 e. The summed E-state index contributed by atoms with van der Waals surface area (Å²) in [6.45, 7) is 4.39. The van der Waals surface area contributed by atoms with Crippen molar-refractivity contribution >= 4 is 16.8 Å². The third kappa shape index (κ3) is 2.90. The SMILES string of the molecule is CC(=O)N1CCc2c(c(-c3c[nH]c4cc(-c5cnn(C)c5)ccc34)nn2C2COC2)C1. The Labute approximate surface area is 179 Å². The zero-order valence-corrected chi connectivity index (χ0v) is 17.6. The van der Waals surface area contributed by atoms with Crippen molar-refractivity contribution in [2.45, 2.75) is 25.9 Å². The number of benzene rings is 1. The van der Waals surface area contributed by atoms with Gasteiger partial charge in [-0.05, 0) is 11.6 Å². The van der Waals surface area contributed by atoms with Crippen LogP contribution in [0.5, 0.6) is 0 Å². The summed E-state index contributed by atoms with van der Waals surface area (Å²) in [5.74, 6) is 0.108. The lowest BCUT2D eigenvalue weighted by molar-refractivity contribution is -0.129. The van der Waals surface area contributed by atoms with Gasteiger partial charge in [-0.2, -0.15) is 10.2 Å². The van der Waals surface area contributed by atoms with Gasteiger partial charge in [0.1, 0.15) is 0 Å². The minimum Gasteiger partial charge on any atom is -0.377 e. The molecule has 8 nitrogen and oxygen atoms in total. The Hall–Kier alpha value is -3.39. The molecule has 1 aromatic carbocycles. The van der Waals surface area contributed by atoms with E-state index in [1.165, 1.54) is 5.69 Å². The van der Waals surface area contributed by atoms with E-state index in [4.69, 9.17) is 9.84 Å². The third-order valence-corrected chi connectivity index (χ3v) is 6.47. The molecule has 0 radical (unpaired) electrons. The predicted octanol–water partition coefficient (Wildman–Crippen LogP) is 2.91. The topological polar surface area (TPSA) is 81.0 Å². The molecular formula is C23H24N6O2. The van der Waals surface area contributed by atoms with Crippen molar-refractivity contribution in [2.24, 2.45) is 7.05 Å². The number of nitrogens with zero attached hydrogens (tertiary/aromatic N) is 5. The van der Waals surface area contributed by atoms with Crippen molar-refractivity contribution < 1.29 is 9.53 Å². The molecule has 2 aliphatic rings. The number of hydrogen-bond acceptors (Lipinski definition) is 4. The average molecular weight is 416 g/mol. The van der Waals surface area contributed by atoms with Gasteiger partial charge in [-0.25, -0.2) is 0 Å². The van der Waals surface area contributed by atoms with E-state index in [2.05, 4.69) is 33.0 Å². The number of aromatic nitrogens is 5. The number of nitrogens with one attached hydrogen (secondary N) is 1. The van der Waals surface area contributed by atoms with Gasteiger partial charge in [-0.15, -0.1) is 0 Å². The molecule has 5 heterocycles. The van der Waals surface area contributed by atoms with E-state index in [0.717, 1.165) is 51.8 Å². The summed E-state index contributed by atoms with van der Waals surface area (Å²) in [6, 6.07) is 6.71. The molecule has 31 heavy (non-hydrogen) atoms. The van der Waals surface area contributed by atoms with Gasteiger partial charge in [0.05, 0.1) is 31.1 Å². The summed E-state index contributed by atoms with van der Waals surface area (Å²) >= 11 is 0. The van der Waals surface area contributed by atoms with Crippen molar-refractivity contribution in [1.82, 2.24) is 29.4 Å². The summed E-state index contributed by atoms with van der Waals surface area (Å²) in [7, 11) is 1.92. The van der Waals surface area contributed by atoms with Crippen LogP contribution >= 0.6 is 0 Å². The van der Waals surface area contributed by atoms with Crippen LogP contribution in [0.3, 0.4) is 0 Å². The van der Waals surface area contributed by atoms with Crippen molar-refractivity contribution in [1.29, 1.82) is 0 Å². The number of amides is 1. The fraction of sp³-hybridized carbons (Fsp3) is 0.348. The first-order valence-corrected chi connectivity index (χ1v) is 10.6. The highest BCUT2D eigenvalue weighted by Crippen LogP contribution is 2.37. The number of ether oxygens (including phenoxy) is 1. The molecule has 158 valence electrons. The summed E-state index contributed by atoms with van der Waals surface area (Å²) in [4.78, 5) is 17.4. The Morgan fingerprint density at radius 2 is 2.13 bits per heavy atom. The number of carbonyl (C=O) groups is 1. The Balaban J connectivity index is 1.46. The molecule has 1 N–H and O–H groups in total. The Bertz CT molecular complexity index is 1310. The van der Waals surface area contributed by atoms with Crippen LogP contribution in [-0.2, 0) is 29.5 Å². The number of hydrogen-bond donors (Lipinski definition) is 1. The molecule has 4 aromatic rings. The van der Waals surface area contributed by atoms with Gasteiger partial charge in [0, 0.05) is 79.2 Å². The van der Waals surface area contributed by atoms with E-state index in [9.17, 15) is 4.79 Å². The van der Waals surface area contributed by atoms with Crippen LogP contribution < -0.4 is 0 Å². The largest absolute Gasteiger partial charge is 0.377 e. The first-order valence-electron chi connectivity index (χ1n) is 10.6. The first-order chi connectivity index (χ1) is 15.1. The average Bonchev–Trinajstić information content (AvgIpc) is 3.43. The van der Waals surface area contributed by atoms with Crippen molar-refractivity contribution in [3.05, 3.63) is 48.0 Å². The van der Waals surface area contributed by atoms with E-state index in [-0.39, 0.29) is 11.9 Å². The zero-order chi connectivity index (χ0) is 21.1. The molecule has 3 aromatic heterocycles. The van der Waals surface area contributed by atoms with Crippen LogP contribution in [0.4, 0.5) is 0 Å². The molecule has 0 unspecified atom stereocenters. The van der Waals surface area contributed by atoms with Crippen LogP contribution in [-0.4, -0.2) is 55.1 Å². The molecule has 0 spiro atoms. The second-order valence-electron chi connectivity index (χ2n) is 8.47. The quantitative estimate of drug-likeness (QED) is 0.557. The van der Waals surface area contributed by atoms with Gasteiger partial charge >= 0.3 is 0 Å². The lowest BCUT2D eigenvalue weighted by Gasteiger charge is -2.31. The number of aryl methyl sites for hydroxylation is 1. The maximum absolute atomic E-state index is 12.1. The van der Waals surface area contributed by atoms with Crippen molar-refractivity contribution in [2.75, 3.05) is 19.8 Å². The first kappa shape index (κ1) is 18.4. The molecule has 1 amide bonds. The fourth-order valence-electron chi connectivity index (χ4n) is 4.67. The minimum atomic E-state index is 0.108. The van der Waals surface area contributed by atoms with Crippen molar-refractivity contribution in [3.63, 3.8) is 0 Å². The van der Waals surface area contributed by atoms with Crippen LogP contribution in [0, 0.1) is 0 Å². The Kier molecular flexibility index (Phi) is 4.04. The Morgan fingerprint density at radius 3 is 2.84 bits per heavy atom. The van der Waals surface area contributed by atoms with E-state index >= 15 is 0 Å². The predicted molar refractivity (Wildman–Crippen MR) is 116 cm³/mol. The molecule has 0 atom stereocenters. The number of fused-ring (bicyclic) bond motifs is 2. The van der Waals surface area contributed by atoms with Gasteiger partial charge in [-0.3, -0.25) is 14.2 Å². The van der Waals surface area contributed by atoms with Crippen LogP contribution in [0.25, 0.3) is 33.3 Å². The van der Waals surface area contributed by atoms with Gasteiger partial charge in [0.15, 0.2) is 0 Å². The number of carbonyl (C=O) groups excluding carboxylic acids is 1. The standard InChI is InChI=1S/C23H24N6O2/c1-14(30)28-6-5-22-20(11-28)23(26-29(22)17-12-31-13-17)19-9-24-21-7-15(3-4-18(19)21)16-8-25-27(2)10-16/h3-4,7-10,17,24H,5-6,11-13H2,1-2H3. The van der Waals surface area contributed by atoms with Crippen LogP contribution in [0.15, 0.2) is 36.8 Å². The molecule has 0 aliphatic carbocycles. The monoisotopic (exact) mass is 416 g/mol. The van der Waals surface area contributed by atoms with E-state index in [1.807, 2.05) is 35.2 Å². The summed E-state index contributed by atoms with van der Waals surface area (Å²) in [5, 5.41) is 10.5. The maximum atomic E-state index is 12.1. The Morgan fingerprint density at radius 1 is 1.26 bits per heavy atom. The molecule has 8 heteroatoms. The normalized spacial score (nSPS) is 16.5. The highest BCUT2D eigenvalue weighted by molar-refractivity contribution is 5.97. The number of rotatable bonds is 3. The molecule has 0 bridgehead atoms. The van der Waals surface area contributed by atoms with Crippen LogP contribution in [0.2, 0.25) is 0 Å². The van der Waals surface area contributed by atoms with Gasteiger partial charge in [0.25, 0.3) is 0 Å². The van der Waals surface area contributed by atoms with E-state index in [0.29, 0.717) is 19.8 Å². The maximum Gasteiger partial charge on any atom is 0.219 e. The zero-order valence-electron chi connectivity index (χ0n) is 17.6. The second kappa shape index (κ2) is 6.81. The molecule has 1 saturated heterocycles. The molecular weight excluding hydrogens is 392 g/mol. The number of H-pyrrole nitrogens is 1. The van der Waals surface area contributed by atoms with Gasteiger partial charge < -0.3 is 14.6 Å². The summed E-state index contributed by atoms with van der Waals surface area (Å²) in [5.41, 5.74) is 7.71. The van der Waals surface area contributed by atoms with E-state index in [1.54, 1.807) is 6.92 Å².